The van der Waals surface area contributed by atoms with Crippen molar-refractivity contribution >= 4 is 0 Å². The van der Waals surface area contributed by atoms with E-state index < -0.39 is 0 Å². The van der Waals surface area contributed by atoms with Gasteiger partial charge in [0.05, 0.1) is 5.69 Å². The van der Waals surface area contributed by atoms with Gasteiger partial charge in [0.15, 0.2) is 0 Å². The summed E-state index contributed by atoms with van der Waals surface area (Å²) in [4.78, 5) is 0. The van der Waals surface area contributed by atoms with E-state index in [9.17, 15) is 0 Å². The van der Waals surface area contributed by atoms with Crippen LogP contribution < -0.4 is 5.32 Å². The second-order valence-corrected chi connectivity index (χ2v) is 5.44. The predicted octanol–water partition coefficient (Wildman–Crippen LogP) is 3.19. The van der Waals surface area contributed by atoms with Crippen molar-refractivity contribution in [1.82, 2.24) is 15.5 Å². The Balaban J connectivity index is 1.75. The summed E-state index contributed by atoms with van der Waals surface area (Å²) in [5.41, 5.74) is 6.57. The van der Waals surface area contributed by atoms with E-state index in [1.165, 1.54) is 41.6 Å². The van der Waals surface area contributed by atoms with Gasteiger partial charge in [-0.15, -0.1) is 0 Å². The lowest BCUT2D eigenvalue weighted by atomic mass is 9.87. The zero-order valence-electron chi connectivity index (χ0n) is 11.7. The second kappa shape index (κ2) is 5.17. The number of benzene rings is 1. The average molecular weight is 255 g/mol. The number of aryl methyl sites for hydroxylation is 3. The third kappa shape index (κ3) is 2.43. The highest BCUT2D eigenvalue weighted by molar-refractivity contribution is 5.32. The number of hydrogen-bond donors (Lipinski definition) is 2. The summed E-state index contributed by atoms with van der Waals surface area (Å²) in [7, 11) is 0. The van der Waals surface area contributed by atoms with Gasteiger partial charge in [-0.3, -0.25) is 5.10 Å². The molecule has 0 spiro atoms. The first-order chi connectivity index (χ1) is 9.25. The molecule has 0 radical (unpaired) electrons. The first-order valence-electron chi connectivity index (χ1n) is 7.07. The van der Waals surface area contributed by atoms with Crippen LogP contribution >= 0.6 is 0 Å². The molecule has 19 heavy (non-hydrogen) atoms. The summed E-state index contributed by atoms with van der Waals surface area (Å²) in [6.45, 7) is 5.05. The fraction of sp³-hybridized carbons (Fsp3) is 0.438. The molecular formula is C16H21N3. The Morgan fingerprint density at radius 1 is 1.32 bits per heavy atom. The van der Waals surface area contributed by atoms with Crippen LogP contribution in [0.4, 0.5) is 0 Å². The van der Waals surface area contributed by atoms with Crippen molar-refractivity contribution in [3.63, 3.8) is 0 Å². The van der Waals surface area contributed by atoms with E-state index in [4.69, 9.17) is 0 Å². The van der Waals surface area contributed by atoms with Gasteiger partial charge in [0.25, 0.3) is 0 Å². The molecule has 100 valence electrons. The highest BCUT2D eigenvalue weighted by Gasteiger charge is 2.19. The van der Waals surface area contributed by atoms with Crippen molar-refractivity contribution in [2.75, 3.05) is 0 Å². The van der Waals surface area contributed by atoms with Crippen LogP contribution in [0.5, 0.6) is 0 Å². The Kier molecular flexibility index (Phi) is 3.38. The first-order valence-corrected chi connectivity index (χ1v) is 7.07. The zero-order chi connectivity index (χ0) is 13.2. The molecule has 2 N–H and O–H groups in total. The summed E-state index contributed by atoms with van der Waals surface area (Å²) in [6, 6.07) is 9.30. The fourth-order valence-corrected chi connectivity index (χ4v) is 3.03. The smallest absolute Gasteiger partial charge is 0.0638 e. The Morgan fingerprint density at radius 3 is 2.95 bits per heavy atom. The van der Waals surface area contributed by atoms with E-state index in [0.717, 1.165) is 12.2 Å². The Morgan fingerprint density at radius 2 is 2.16 bits per heavy atom. The van der Waals surface area contributed by atoms with Crippen molar-refractivity contribution in [1.29, 1.82) is 0 Å². The van der Waals surface area contributed by atoms with Gasteiger partial charge in [0.1, 0.15) is 0 Å². The van der Waals surface area contributed by atoms with Gasteiger partial charge in [0.2, 0.25) is 0 Å². The molecule has 1 atom stereocenters. The molecule has 0 saturated carbocycles. The largest absolute Gasteiger partial charge is 0.306 e. The summed E-state index contributed by atoms with van der Waals surface area (Å²) in [6.07, 6.45) is 3.73. The van der Waals surface area contributed by atoms with Crippen molar-refractivity contribution in [3.8, 4) is 0 Å². The Hall–Kier alpha value is -1.61. The third-order valence-corrected chi connectivity index (χ3v) is 4.18. The lowest BCUT2D eigenvalue weighted by Gasteiger charge is -2.26. The molecule has 1 aromatic carbocycles. The van der Waals surface area contributed by atoms with Crippen LogP contribution in [0.3, 0.4) is 0 Å². The lowest BCUT2D eigenvalue weighted by Crippen LogP contribution is -2.25. The van der Waals surface area contributed by atoms with E-state index in [1.54, 1.807) is 0 Å². The standard InChI is InChI=1S/C16H21N3/c1-11-15(12(2)19-18-11)10-17-16-9-5-7-13-6-3-4-8-14(13)16/h3-4,6,8,16-17H,5,7,9-10H2,1-2H3,(H,18,19)/t16-/m1/s1. The maximum Gasteiger partial charge on any atom is 0.0638 e. The van der Waals surface area contributed by atoms with Crippen LogP contribution in [0, 0.1) is 13.8 Å². The molecule has 1 aromatic heterocycles. The Bertz CT molecular complexity index is 552. The molecule has 1 aliphatic carbocycles. The number of H-pyrrole nitrogens is 1. The van der Waals surface area contributed by atoms with Crippen LogP contribution in [0.25, 0.3) is 0 Å². The van der Waals surface area contributed by atoms with Crippen molar-refractivity contribution < 1.29 is 0 Å². The Labute approximate surface area is 114 Å². The molecule has 3 nitrogen and oxygen atoms in total. The van der Waals surface area contributed by atoms with Crippen LogP contribution in [0.1, 0.15) is 47.0 Å². The van der Waals surface area contributed by atoms with Crippen molar-refractivity contribution in [2.45, 2.75) is 45.7 Å². The van der Waals surface area contributed by atoms with Crippen molar-refractivity contribution in [3.05, 3.63) is 52.3 Å². The predicted molar refractivity (Wildman–Crippen MR) is 77.0 cm³/mol. The minimum atomic E-state index is 0.485. The molecule has 0 saturated heterocycles. The summed E-state index contributed by atoms with van der Waals surface area (Å²) in [5.74, 6) is 0. The minimum absolute atomic E-state index is 0.485. The number of nitrogens with zero attached hydrogens (tertiary/aromatic N) is 1. The quantitative estimate of drug-likeness (QED) is 0.884. The molecule has 1 heterocycles. The molecule has 2 aromatic rings. The maximum atomic E-state index is 4.26. The van der Waals surface area contributed by atoms with Gasteiger partial charge in [-0.1, -0.05) is 24.3 Å². The summed E-state index contributed by atoms with van der Waals surface area (Å²) < 4.78 is 0. The molecule has 3 rings (SSSR count). The number of rotatable bonds is 3. The molecule has 0 fully saturated rings. The average Bonchev–Trinajstić information content (AvgIpc) is 2.76. The number of nitrogens with one attached hydrogen (secondary N) is 2. The van der Waals surface area contributed by atoms with Gasteiger partial charge in [-0.2, -0.15) is 5.10 Å². The summed E-state index contributed by atoms with van der Waals surface area (Å²) >= 11 is 0. The second-order valence-electron chi connectivity index (χ2n) is 5.44. The summed E-state index contributed by atoms with van der Waals surface area (Å²) in [5, 5.41) is 11.0. The van der Waals surface area contributed by atoms with E-state index in [-0.39, 0.29) is 0 Å². The van der Waals surface area contributed by atoms with E-state index in [0.29, 0.717) is 6.04 Å². The highest BCUT2D eigenvalue weighted by atomic mass is 15.1. The van der Waals surface area contributed by atoms with Crippen LogP contribution in [-0.2, 0) is 13.0 Å². The number of hydrogen-bond acceptors (Lipinski definition) is 2. The van der Waals surface area contributed by atoms with E-state index in [1.807, 2.05) is 0 Å². The van der Waals surface area contributed by atoms with Gasteiger partial charge < -0.3 is 5.32 Å². The molecular weight excluding hydrogens is 234 g/mol. The number of fused-ring (bicyclic) bond motifs is 1. The zero-order valence-corrected chi connectivity index (χ0v) is 11.7. The maximum absolute atomic E-state index is 4.26. The highest BCUT2D eigenvalue weighted by Crippen LogP contribution is 2.29. The minimum Gasteiger partial charge on any atom is -0.306 e. The van der Waals surface area contributed by atoms with Crippen LogP contribution in [0.2, 0.25) is 0 Å². The number of aromatic amines is 1. The van der Waals surface area contributed by atoms with Gasteiger partial charge in [-0.25, -0.2) is 0 Å². The monoisotopic (exact) mass is 255 g/mol. The van der Waals surface area contributed by atoms with Gasteiger partial charge >= 0.3 is 0 Å². The lowest BCUT2D eigenvalue weighted by molar-refractivity contribution is 0.458. The molecule has 0 aliphatic heterocycles. The molecule has 0 amide bonds. The van der Waals surface area contributed by atoms with E-state index in [2.05, 4.69) is 53.6 Å². The fourth-order valence-electron chi connectivity index (χ4n) is 3.03. The van der Waals surface area contributed by atoms with Crippen LogP contribution in [0.15, 0.2) is 24.3 Å². The van der Waals surface area contributed by atoms with Gasteiger partial charge in [0, 0.05) is 23.8 Å². The molecule has 1 aliphatic rings. The van der Waals surface area contributed by atoms with Crippen LogP contribution in [-0.4, -0.2) is 10.2 Å². The molecule has 0 bridgehead atoms. The van der Waals surface area contributed by atoms with E-state index >= 15 is 0 Å². The SMILES string of the molecule is Cc1n[nH]c(C)c1CN[C@@H]1CCCc2ccccc21. The molecule has 3 heteroatoms. The molecule has 0 unspecified atom stereocenters. The third-order valence-electron chi connectivity index (χ3n) is 4.18. The van der Waals surface area contributed by atoms with Crippen molar-refractivity contribution in [2.24, 2.45) is 0 Å². The van der Waals surface area contributed by atoms with Gasteiger partial charge in [-0.05, 0) is 44.2 Å². The topological polar surface area (TPSA) is 40.7 Å². The first kappa shape index (κ1) is 12.4. The normalized spacial score (nSPS) is 18.3. The number of aromatic nitrogens is 2.